The molecule has 0 aromatic heterocycles. The average Bonchev–Trinajstić information content (AvgIpc) is 2.16. The van der Waals surface area contributed by atoms with Crippen LogP contribution in [-0.2, 0) is 6.42 Å². The highest BCUT2D eigenvalue weighted by molar-refractivity contribution is 5.53. The van der Waals surface area contributed by atoms with Gasteiger partial charge in [0.05, 0.1) is 0 Å². The van der Waals surface area contributed by atoms with Crippen LogP contribution in [0.2, 0.25) is 0 Å². The first-order chi connectivity index (χ1) is 6.57. The van der Waals surface area contributed by atoms with E-state index in [0.717, 1.165) is 12.5 Å². The molecular weight excluding hydrogens is 170 g/mol. The summed E-state index contributed by atoms with van der Waals surface area (Å²) in [6.45, 7) is 8.09. The van der Waals surface area contributed by atoms with Gasteiger partial charge >= 0.3 is 0 Å². The molecule has 76 valence electrons. The van der Waals surface area contributed by atoms with E-state index in [-0.39, 0.29) is 0 Å². The summed E-state index contributed by atoms with van der Waals surface area (Å²) in [7, 11) is 0. The maximum atomic E-state index is 3.52. The van der Waals surface area contributed by atoms with Crippen molar-refractivity contribution in [3.8, 4) is 0 Å². The van der Waals surface area contributed by atoms with E-state index < -0.39 is 0 Å². The maximum absolute atomic E-state index is 3.52. The highest BCUT2D eigenvalue weighted by Gasteiger charge is 2.28. The van der Waals surface area contributed by atoms with Crippen LogP contribution < -0.4 is 5.32 Å². The summed E-state index contributed by atoms with van der Waals surface area (Å²) in [5.74, 6) is 0.748. The monoisotopic (exact) mass is 189 g/mol. The lowest BCUT2D eigenvalue weighted by Gasteiger charge is -2.35. The van der Waals surface area contributed by atoms with Crippen molar-refractivity contribution in [1.29, 1.82) is 0 Å². The van der Waals surface area contributed by atoms with Gasteiger partial charge < -0.3 is 5.32 Å². The molecule has 0 unspecified atom stereocenters. The number of nitrogens with one attached hydrogen (secondary N) is 1. The molecule has 1 N–H and O–H groups in total. The van der Waals surface area contributed by atoms with E-state index in [4.69, 9.17) is 0 Å². The third-order valence-electron chi connectivity index (χ3n) is 3.25. The van der Waals surface area contributed by atoms with Gasteiger partial charge in [0.15, 0.2) is 0 Å². The van der Waals surface area contributed by atoms with E-state index in [1.165, 1.54) is 17.7 Å². The Balaban J connectivity index is 2.22. The first-order valence-electron chi connectivity index (χ1n) is 5.39. The summed E-state index contributed by atoms with van der Waals surface area (Å²) in [6.07, 6.45) is 1.21. The molecule has 1 aromatic rings. The fraction of sp³-hybridized carbons (Fsp3) is 0.538. The average molecular weight is 189 g/mol. The Bertz CT molecular complexity index is 322. The second-order valence-corrected chi connectivity index (χ2v) is 5.31. The highest BCUT2D eigenvalue weighted by atomic mass is 14.9. The van der Waals surface area contributed by atoms with Crippen LogP contribution in [0.5, 0.6) is 0 Å². The standard InChI is InChI=1S/C13H19N/c1-13(2,3)11-8-10-6-4-5-7-12(10)14-9-11/h4-7,11,14H,8-9H2,1-3H3/t11-/m0/s1. The van der Waals surface area contributed by atoms with Gasteiger partial charge in [-0.15, -0.1) is 0 Å². The number of fused-ring (bicyclic) bond motifs is 1. The molecule has 1 aromatic carbocycles. The zero-order chi connectivity index (χ0) is 10.2. The van der Waals surface area contributed by atoms with E-state index in [9.17, 15) is 0 Å². The van der Waals surface area contributed by atoms with E-state index in [2.05, 4.69) is 50.4 Å². The second kappa shape index (κ2) is 3.30. The normalized spacial score (nSPS) is 21.2. The van der Waals surface area contributed by atoms with Crippen LogP contribution >= 0.6 is 0 Å². The number of anilines is 1. The molecule has 1 heteroatoms. The van der Waals surface area contributed by atoms with Crippen LogP contribution in [-0.4, -0.2) is 6.54 Å². The van der Waals surface area contributed by atoms with E-state index >= 15 is 0 Å². The zero-order valence-electron chi connectivity index (χ0n) is 9.30. The lowest BCUT2D eigenvalue weighted by atomic mass is 9.75. The Morgan fingerprint density at radius 1 is 1.21 bits per heavy atom. The van der Waals surface area contributed by atoms with Crippen molar-refractivity contribution >= 4 is 5.69 Å². The van der Waals surface area contributed by atoms with E-state index in [0.29, 0.717) is 5.41 Å². The Hall–Kier alpha value is -0.980. The molecule has 1 nitrogen and oxygen atoms in total. The number of hydrogen-bond donors (Lipinski definition) is 1. The Morgan fingerprint density at radius 3 is 2.64 bits per heavy atom. The molecule has 1 atom stereocenters. The van der Waals surface area contributed by atoms with Gasteiger partial charge in [0.2, 0.25) is 0 Å². The molecule has 2 rings (SSSR count). The highest BCUT2D eigenvalue weighted by Crippen LogP contribution is 2.34. The summed E-state index contributed by atoms with van der Waals surface area (Å²) in [6, 6.07) is 8.64. The first kappa shape index (κ1) is 9.57. The van der Waals surface area contributed by atoms with E-state index in [1.54, 1.807) is 0 Å². The predicted octanol–water partition coefficient (Wildman–Crippen LogP) is 3.32. The van der Waals surface area contributed by atoms with Crippen LogP contribution in [0.3, 0.4) is 0 Å². The van der Waals surface area contributed by atoms with Crippen molar-refractivity contribution in [2.45, 2.75) is 27.2 Å². The Labute approximate surface area is 86.5 Å². The molecule has 0 aliphatic carbocycles. The Kier molecular flexibility index (Phi) is 2.26. The molecule has 0 bridgehead atoms. The third kappa shape index (κ3) is 1.77. The molecule has 0 amide bonds. The van der Waals surface area contributed by atoms with Gasteiger partial charge in [-0.2, -0.15) is 0 Å². The molecule has 1 aliphatic heterocycles. The SMILES string of the molecule is CC(C)(C)[C@@H]1CNc2ccccc2C1. The first-order valence-corrected chi connectivity index (χ1v) is 5.39. The molecule has 0 radical (unpaired) electrons. The zero-order valence-corrected chi connectivity index (χ0v) is 9.30. The minimum Gasteiger partial charge on any atom is -0.385 e. The molecule has 0 spiro atoms. The van der Waals surface area contributed by atoms with Gasteiger partial charge in [-0.3, -0.25) is 0 Å². The van der Waals surface area contributed by atoms with Gasteiger partial charge in [0.25, 0.3) is 0 Å². The van der Waals surface area contributed by atoms with Gasteiger partial charge in [0, 0.05) is 12.2 Å². The van der Waals surface area contributed by atoms with Crippen LogP contribution in [0.4, 0.5) is 5.69 Å². The molecule has 1 heterocycles. The third-order valence-corrected chi connectivity index (χ3v) is 3.25. The molecule has 0 saturated carbocycles. The fourth-order valence-electron chi connectivity index (χ4n) is 2.05. The summed E-state index contributed by atoms with van der Waals surface area (Å²) in [5.41, 5.74) is 3.20. The van der Waals surface area contributed by atoms with Crippen LogP contribution in [0.15, 0.2) is 24.3 Å². The largest absolute Gasteiger partial charge is 0.385 e. The van der Waals surface area contributed by atoms with Crippen LogP contribution in [0.25, 0.3) is 0 Å². The van der Waals surface area contributed by atoms with Crippen molar-refractivity contribution in [3.63, 3.8) is 0 Å². The van der Waals surface area contributed by atoms with Crippen molar-refractivity contribution in [3.05, 3.63) is 29.8 Å². The molecule has 14 heavy (non-hydrogen) atoms. The summed E-state index contributed by atoms with van der Waals surface area (Å²) in [5, 5.41) is 3.52. The van der Waals surface area contributed by atoms with Crippen molar-refractivity contribution in [1.82, 2.24) is 0 Å². The minimum absolute atomic E-state index is 0.403. The Morgan fingerprint density at radius 2 is 1.93 bits per heavy atom. The topological polar surface area (TPSA) is 12.0 Å². The number of benzene rings is 1. The smallest absolute Gasteiger partial charge is 0.0372 e. The van der Waals surface area contributed by atoms with Crippen molar-refractivity contribution in [2.24, 2.45) is 11.3 Å². The molecule has 1 aliphatic rings. The lowest BCUT2D eigenvalue weighted by molar-refractivity contribution is 0.247. The molecule has 0 saturated heterocycles. The van der Waals surface area contributed by atoms with Crippen molar-refractivity contribution in [2.75, 3.05) is 11.9 Å². The van der Waals surface area contributed by atoms with Crippen LogP contribution in [0, 0.1) is 11.3 Å². The van der Waals surface area contributed by atoms with Gasteiger partial charge in [-0.05, 0) is 29.4 Å². The minimum atomic E-state index is 0.403. The second-order valence-electron chi connectivity index (χ2n) is 5.31. The van der Waals surface area contributed by atoms with Gasteiger partial charge in [-0.1, -0.05) is 39.0 Å². The maximum Gasteiger partial charge on any atom is 0.0372 e. The number of hydrogen-bond acceptors (Lipinski definition) is 1. The van der Waals surface area contributed by atoms with Gasteiger partial charge in [0.1, 0.15) is 0 Å². The van der Waals surface area contributed by atoms with Crippen molar-refractivity contribution < 1.29 is 0 Å². The predicted molar refractivity (Wildman–Crippen MR) is 61.6 cm³/mol. The fourth-order valence-corrected chi connectivity index (χ4v) is 2.05. The van der Waals surface area contributed by atoms with E-state index in [1.807, 2.05) is 0 Å². The number of rotatable bonds is 0. The molecule has 0 fully saturated rings. The lowest BCUT2D eigenvalue weighted by Crippen LogP contribution is -2.33. The quantitative estimate of drug-likeness (QED) is 0.660. The van der Waals surface area contributed by atoms with Gasteiger partial charge in [-0.25, -0.2) is 0 Å². The summed E-state index contributed by atoms with van der Waals surface area (Å²) in [4.78, 5) is 0. The summed E-state index contributed by atoms with van der Waals surface area (Å²) < 4.78 is 0. The summed E-state index contributed by atoms with van der Waals surface area (Å²) >= 11 is 0. The van der Waals surface area contributed by atoms with Crippen LogP contribution in [0.1, 0.15) is 26.3 Å². The number of para-hydroxylation sites is 1. The molecular formula is C13H19N.